The molecule has 2 aliphatic rings. The fourth-order valence-corrected chi connectivity index (χ4v) is 4.49. The first-order valence-electron chi connectivity index (χ1n) is 7.68. The lowest BCUT2D eigenvalue weighted by Crippen LogP contribution is -2.39. The van der Waals surface area contributed by atoms with Crippen LogP contribution in [0.25, 0.3) is 0 Å². The lowest BCUT2D eigenvalue weighted by Gasteiger charge is -2.30. The van der Waals surface area contributed by atoms with Gasteiger partial charge in [0.25, 0.3) is 0 Å². The Bertz CT molecular complexity index is 270. The van der Waals surface area contributed by atoms with Gasteiger partial charge in [0.1, 0.15) is 0 Å². The molecular weight excluding hydrogens is 240 g/mol. The van der Waals surface area contributed by atoms with E-state index in [-0.39, 0.29) is 0 Å². The number of thioether (sulfide) groups is 1. The molecule has 2 nitrogen and oxygen atoms in total. The van der Waals surface area contributed by atoms with Crippen molar-refractivity contribution in [2.24, 2.45) is 10.9 Å². The fraction of sp³-hybridized carbons (Fsp3) is 0.933. The molecule has 0 aromatic heterocycles. The van der Waals surface area contributed by atoms with E-state index in [0.29, 0.717) is 12.1 Å². The molecule has 0 aromatic rings. The quantitative estimate of drug-likeness (QED) is 0.829. The molecule has 1 aliphatic heterocycles. The van der Waals surface area contributed by atoms with Crippen LogP contribution in [-0.2, 0) is 0 Å². The second-order valence-electron chi connectivity index (χ2n) is 6.11. The maximum atomic E-state index is 4.96. The summed E-state index contributed by atoms with van der Waals surface area (Å²) in [6.07, 6.45) is 9.42. The van der Waals surface area contributed by atoms with Gasteiger partial charge in [-0.25, -0.2) is 0 Å². The van der Waals surface area contributed by atoms with Crippen LogP contribution >= 0.6 is 11.8 Å². The van der Waals surface area contributed by atoms with Gasteiger partial charge in [-0.05, 0) is 44.9 Å². The Labute approximate surface area is 116 Å². The van der Waals surface area contributed by atoms with E-state index in [4.69, 9.17) is 4.99 Å². The molecule has 2 fully saturated rings. The van der Waals surface area contributed by atoms with Crippen LogP contribution < -0.4 is 5.32 Å². The highest BCUT2D eigenvalue weighted by molar-refractivity contribution is 8.14. The summed E-state index contributed by atoms with van der Waals surface area (Å²) in [5.74, 6) is 0.983. The SMILES string of the molecule is CCCC1CCC(N=C2NC(C)CC(C)S2)CC1. The lowest BCUT2D eigenvalue weighted by molar-refractivity contribution is 0.309. The Morgan fingerprint density at radius 3 is 2.56 bits per heavy atom. The molecule has 104 valence electrons. The topological polar surface area (TPSA) is 24.4 Å². The maximum Gasteiger partial charge on any atom is 0.157 e. The van der Waals surface area contributed by atoms with Crippen LogP contribution in [0.3, 0.4) is 0 Å². The second-order valence-corrected chi connectivity index (χ2v) is 7.53. The molecule has 1 heterocycles. The van der Waals surface area contributed by atoms with Crippen LogP contribution in [0.5, 0.6) is 0 Å². The summed E-state index contributed by atoms with van der Waals surface area (Å²) in [4.78, 5) is 4.96. The minimum atomic E-state index is 0.589. The van der Waals surface area contributed by atoms with Gasteiger partial charge in [0.2, 0.25) is 0 Å². The molecule has 1 saturated heterocycles. The van der Waals surface area contributed by atoms with Gasteiger partial charge < -0.3 is 5.32 Å². The zero-order chi connectivity index (χ0) is 13.0. The van der Waals surface area contributed by atoms with Crippen molar-refractivity contribution in [2.75, 3.05) is 0 Å². The predicted molar refractivity (Wildman–Crippen MR) is 82.4 cm³/mol. The smallest absolute Gasteiger partial charge is 0.157 e. The standard InChI is InChI=1S/C15H28N2S/c1-4-5-13-6-8-14(9-7-13)17-15-16-11(2)10-12(3)18-15/h11-14H,4-10H2,1-3H3,(H,16,17). The van der Waals surface area contributed by atoms with E-state index in [0.717, 1.165) is 11.2 Å². The summed E-state index contributed by atoms with van der Waals surface area (Å²) in [5.41, 5.74) is 0. The van der Waals surface area contributed by atoms with E-state index < -0.39 is 0 Å². The molecule has 2 rings (SSSR count). The molecule has 2 atom stereocenters. The number of nitrogens with one attached hydrogen (secondary N) is 1. The third kappa shape index (κ3) is 4.18. The Morgan fingerprint density at radius 2 is 1.94 bits per heavy atom. The van der Waals surface area contributed by atoms with Gasteiger partial charge in [-0.3, -0.25) is 4.99 Å². The summed E-state index contributed by atoms with van der Waals surface area (Å²) < 4.78 is 0. The zero-order valence-corrected chi connectivity index (χ0v) is 12.9. The molecule has 3 heteroatoms. The van der Waals surface area contributed by atoms with Gasteiger partial charge in [-0.1, -0.05) is 38.5 Å². The number of aliphatic imine (C=N–C) groups is 1. The maximum absolute atomic E-state index is 4.96. The first-order valence-corrected chi connectivity index (χ1v) is 8.56. The van der Waals surface area contributed by atoms with E-state index >= 15 is 0 Å². The molecule has 1 aliphatic carbocycles. The highest BCUT2D eigenvalue weighted by Crippen LogP contribution is 2.31. The van der Waals surface area contributed by atoms with E-state index in [1.165, 1.54) is 50.1 Å². The second kappa shape index (κ2) is 6.83. The third-order valence-corrected chi connectivity index (χ3v) is 5.22. The largest absolute Gasteiger partial charge is 0.362 e. The Morgan fingerprint density at radius 1 is 1.22 bits per heavy atom. The summed E-state index contributed by atoms with van der Waals surface area (Å²) in [6.45, 7) is 6.89. The van der Waals surface area contributed by atoms with Gasteiger partial charge >= 0.3 is 0 Å². The lowest BCUT2D eigenvalue weighted by atomic mass is 9.84. The first kappa shape index (κ1) is 14.2. The molecule has 2 unspecified atom stereocenters. The third-order valence-electron chi connectivity index (χ3n) is 4.18. The van der Waals surface area contributed by atoms with E-state index in [1.807, 2.05) is 11.8 Å². The Balaban J connectivity index is 1.82. The summed E-state index contributed by atoms with van der Waals surface area (Å²) in [6, 6.07) is 1.18. The molecule has 0 radical (unpaired) electrons. The molecule has 0 amide bonds. The molecular formula is C15H28N2S. The normalized spacial score (nSPS) is 39.6. The van der Waals surface area contributed by atoms with Crippen LogP contribution in [0.15, 0.2) is 4.99 Å². The van der Waals surface area contributed by atoms with Gasteiger partial charge in [0.15, 0.2) is 5.17 Å². The molecule has 0 aromatic carbocycles. The predicted octanol–water partition coefficient (Wildman–Crippen LogP) is 4.20. The van der Waals surface area contributed by atoms with Gasteiger partial charge in [-0.2, -0.15) is 0 Å². The summed E-state index contributed by atoms with van der Waals surface area (Å²) >= 11 is 1.93. The Hall–Kier alpha value is -0.180. The molecule has 0 bridgehead atoms. The van der Waals surface area contributed by atoms with Crippen LogP contribution in [0.2, 0.25) is 0 Å². The zero-order valence-electron chi connectivity index (χ0n) is 12.1. The first-order chi connectivity index (χ1) is 8.67. The number of hydrogen-bond donors (Lipinski definition) is 1. The Kier molecular flexibility index (Phi) is 5.40. The van der Waals surface area contributed by atoms with Gasteiger partial charge in [-0.15, -0.1) is 0 Å². The highest BCUT2D eigenvalue weighted by Gasteiger charge is 2.23. The summed E-state index contributed by atoms with van der Waals surface area (Å²) in [7, 11) is 0. The minimum Gasteiger partial charge on any atom is -0.362 e. The molecule has 18 heavy (non-hydrogen) atoms. The number of nitrogens with zero attached hydrogens (tertiary/aromatic N) is 1. The van der Waals surface area contributed by atoms with Crippen LogP contribution in [0.1, 0.15) is 65.7 Å². The summed E-state index contributed by atoms with van der Waals surface area (Å²) in [5, 5.41) is 5.47. The molecule has 1 N–H and O–H groups in total. The van der Waals surface area contributed by atoms with Crippen molar-refractivity contribution >= 4 is 16.9 Å². The van der Waals surface area contributed by atoms with E-state index in [2.05, 4.69) is 26.1 Å². The van der Waals surface area contributed by atoms with Crippen LogP contribution in [-0.4, -0.2) is 22.5 Å². The minimum absolute atomic E-state index is 0.589. The highest BCUT2D eigenvalue weighted by atomic mass is 32.2. The van der Waals surface area contributed by atoms with E-state index in [1.54, 1.807) is 0 Å². The van der Waals surface area contributed by atoms with Crippen molar-refractivity contribution < 1.29 is 0 Å². The molecule has 0 spiro atoms. The van der Waals surface area contributed by atoms with Crippen molar-refractivity contribution in [3.63, 3.8) is 0 Å². The van der Waals surface area contributed by atoms with Crippen LogP contribution in [0, 0.1) is 5.92 Å². The van der Waals surface area contributed by atoms with Crippen LogP contribution in [0.4, 0.5) is 0 Å². The van der Waals surface area contributed by atoms with Crippen molar-refractivity contribution in [2.45, 2.75) is 83.1 Å². The monoisotopic (exact) mass is 268 g/mol. The average Bonchev–Trinajstić information content (AvgIpc) is 2.31. The number of hydrogen-bond acceptors (Lipinski definition) is 2. The van der Waals surface area contributed by atoms with Crippen molar-refractivity contribution in [1.29, 1.82) is 0 Å². The van der Waals surface area contributed by atoms with Crippen molar-refractivity contribution in [1.82, 2.24) is 5.32 Å². The van der Waals surface area contributed by atoms with E-state index in [9.17, 15) is 0 Å². The number of amidine groups is 1. The fourth-order valence-electron chi connectivity index (χ4n) is 3.24. The number of rotatable bonds is 3. The van der Waals surface area contributed by atoms with Crippen molar-refractivity contribution in [3.05, 3.63) is 0 Å². The van der Waals surface area contributed by atoms with Crippen molar-refractivity contribution in [3.8, 4) is 0 Å². The average molecular weight is 268 g/mol. The molecule has 1 saturated carbocycles. The van der Waals surface area contributed by atoms with Gasteiger partial charge in [0.05, 0.1) is 6.04 Å². The van der Waals surface area contributed by atoms with Gasteiger partial charge in [0, 0.05) is 11.3 Å².